The highest BCUT2D eigenvalue weighted by molar-refractivity contribution is 5.02. The van der Waals surface area contributed by atoms with E-state index in [0.717, 1.165) is 6.42 Å². The highest BCUT2D eigenvalue weighted by atomic mass is 16.4. The lowest BCUT2D eigenvalue weighted by Gasteiger charge is -2.37. The summed E-state index contributed by atoms with van der Waals surface area (Å²) in [6.07, 6.45) is 0.124. The Bertz CT molecular complexity index is 175. The van der Waals surface area contributed by atoms with E-state index in [9.17, 15) is 15.3 Å². The molecule has 4 heteroatoms. The van der Waals surface area contributed by atoms with Gasteiger partial charge in [-0.1, -0.05) is 0 Å². The first-order valence-electron chi connectivity index (χ1n) is 3.98. The van der Waals surface area contributed by atoms with Crippen molar-refractivity contribution in [3.63, 3.8) is 0 Å². The molecule has 2 aliphatic heterocycles. The molecule has 0 amide bonds. The van der Waals surface area contributed by atoms with Crippen LogP contribution in [-0.2, 0) is 0 Å². The molecule has 2 unspecified atom stereocenters. The first kappa shape index (κ1) is 7.49. The van der Waals surface area contributed by atoms with Crippen LogP contribution in [0, 0.1) is 0 Å². The Hall–Kier alpha value is -0.160. The maximum absolute atomic E-state index is 9.64. The molecule has 0 radical (unpaired) electrons. The molecule has 2 bridgehead atoms. The zero-order valence-electron chi connectivity index (χ0n) is 6.20. The fourth-order valence-corrected chi connectivity index (χ4v) is 2.04. The fourth-order valence-electron chi connectivity index (χ4n) is 2.04. The number of aliphatic hydroxyl groups is 3. The minimum atomic E-state index is -1.22. The summed E-state index contributed by atoms with van der Waals surface area (Å²) in [6, 6.07) is 0.179. The summed E-state index contributed by atoms with van der Waals surface area (Å²) in [5.74, 6) is 0. The Labute approximate surface area is 64.8 Å². The van der Waals surface area contributed by atoms with Crippen molar-refractivity contribution in [1.29, 1.82) is 0 Å². The Morgan fingerprint density at radius 2 is 2.09 bits per heavy atom. The zero-order valence-corrected chi connectivity index (χ0v) is 6.20. The van der Waals surface area contributed by atoms with Crippen molar-refractivity contribution in [3.05, 3.63) is 0 Å². The van der Waals surface area contributed by atoms with Gasteiger partial charge in [-0.25, -0.2) is 0 Å². The Balaban J connectivity index is 2.21. The van der Waals surface area contributed by atoms with E-state index < -0.39 is 17.9 Å². The molecule has 2 heterocycles. The molecular formula is C7H13NO3. The van der Waals surface area contributed by atoms with Crippen LogP contribution in [0.2, 0.25) is 0 Å². The van der Waals surface area contributed by atoms with Gasteiger partial charge >= 0.3 is 0 Å². The van der Waals surface area contributed by atoms with Gasteiger partial charge in [0.25, 0.3) is 0 Å². The molecule has 0 aliphatic carbocycles. The van der Waals surface area contributed by atoms with Crippen LogP contribution in [-0.4, -0.2) is 39.3 Å². The standard InChI is InChI=1S/C7H13NO3/c9-5-3-4-1-2-7(11,8-4)6(5)10/h4-6,8-11H,1-3H2/t4?,5-,6?,7-/m1/s1. The second kappa shape index (κ2) is 2.17. The van der Waals surface area contributed by atoms with E-state index >= 15 is 0 Å². The normalized spacial score (nSPS) is 56.5. The van der Waals surface area contributed by atoms with E-state index in [0.29, 0.717) is 12.8 Å². The van der Waals surface area contributed by atoms with Crippen molar-refractivity contribution in [2.45, 2.75) is 43.2 Å². The van der Waals surface area contributed by atoms with Gasteiger partial charge in [0.1, 0.15) is 11.8 Å². The number of nitrogens with one attached hydrogen (secondary N) is 1. The number of fused-ring (bicyclic) bond motifs is 2. The molecule has 0 spiro atoms. The van der Waals surface area contributed by atoms with Crippen molar-refractivity contribution in [1.82, 2.24) is 5.32 Å². The summed E-state index contributed by atoms with van der Waals surface area (Å²) in [7, 11) is 0. The predicted molar refractivity (Wildman–Crippen MR) is 37.7 cm³/mol. The molecule has 64 valence electrons. The summed E-state index contributed by atoms with van der Waals surface area (Å²) >= 11 is 0. The zero-order chi connectivity index (χ0) is 8.06. The molecule has 4 nitrogen and oxygen atoms in total. The molecule has 0 aromatic heterocycles. The molecule has 4 atom stereocenters. The van der Waals surface area contributed by atoms with Crippen molar-refractivity contribution in [2.75, 3.05) is 0 Å². The largest absolute Gasteiger partial charge is 0.390 e. The first-order chi connectivity index (χ1) is 5.12. The van der Waals surface area contributed by atoms with Gasteiger partial charge in [-0.05, 0) is 19.3 Å². The summed E-state index contributed by atoms with van der Waals surface area (Å²) in [6.45, 7) is 0. The number of hydrogen-bond acceptors (Lipinski definition) is 4. The molecular weight excluding hydrogens is 146 g/mol. The van der Waals surface area contributed by atoms with Crippen LogP contribution in [0.5, 0.6) is 0 Å². The van der Waals surface area contributed by atoms with Crippen LogP contribution in [0.15, 0.2) is 0 Å². The molecule has 11 heavy (non-hydrogen) atoms. The third-order valence-corrected chi connectivity index (χ3v) is 2.71. The van der Waals surface area contributed by atoms with Gasteiger partial charge in [-0.2, -0.15) is 0 Å². The number of piperidine rings is 1. The third-order valence-electron chi connectivity index (χ3n) is 2.71. The lowest BCUT2D eigenvalue weighted by atomic mass is 9.96. The molecule has 2 rings (SSSR count). The van der Waals surface area contributed by atoms with E-state index in [2.05, 4.69) is 5.32 Å². The molecule has 2 aliphatic rings. The first-order valence-corrected chi connectivity index (χ1v) is 3.98. The second-order valence-corrected chi connectivity index (χ2v) is 3.55. The average Bonchev–Trinajstić information content (AvgIpc) is 2.27. The van der Waals surface area contributed by atoms with E-state index in [1.54, 1.807) is 0 Å². The van der Waals surface area contributed by atoms with Crippen LogP contribution in [0.25, 0.3) is 0 Å². The lowest BCUT2D eigenvalue weighted by molar-refractivity contribution is -0.153. The smallest absolute Gasteiger partial charge is 0.144 e. The van der Waals surface area contributed by atoms with Crippen LogP contribution in [0.4, 0.5) is 0 Å². The quantitative estimate of drug-likeness (QED) is 0.349. The van der Waals surface area contributed by atoms with Crippen LogP contribution in [0.3, 0.4) is 0 Å². The molecule has 0 saturated carbocycles. The van der Waals surface area contributed by atoms with Gasteiger partial charge in [0.15, 0.2) is 0 Å². The van der Waals surface area contributed by atoms with Crippen molar-refractivity contribution >= 4 is 0 Å². The third kappa shape index (κ3) is 0.980. The predicted octanol–water partition coefficient (Wildman–Crippen LogP) is -1.45. The summed E-state index contributed by atoms with van der Waals surface area (Å²) < 4.78 is 0. The van der Waals surface area contributed by atoms with E-state index in [4.69, 9.17) is 0 Å². The topological polar surface area (TPSA) is 72.7 Å². The summed E-state index contributed by atoms with van der Waals surface area (Å²) in [4.78, 5) is 0. The van der Waals surface area contributed by atoms with Crippen molar-refractivity contribution in [2.24, 2.45) is 0 Å². The average molecular weight is 159 g/mol. The van der Waals surface area contributed by atoms with Gasteiger partial charge in [0.2, 0.25) is 0 Å². The minimum Gasteiger partial charge on any atom is -0.390 e. The number of hydrogen-bond donors (Lipinski definition) is 4. The van der Waals surface area contributed by atoms with Gasteiger partial charge in [-0.15, -0.1) is 0 Å². The van der Waals surface area contributed by atoms with E-state index in [1.807, 2.05) is 0 Å². The maximum atomic E-state index is 9.64. The van der Waals surface area contributed by atoms with Gasteiger partial charge in [-0.3, -0.25) is 5.32 Å². The highest BCUT2D eigenvalue weighted by Gasteiger charge is 2.50. The van der Waals surface area contributed by atoms with E-state index in [-0.39, 0.29) is 6.04 Å². The second-order valence-electron chi connectivity index (χ2n) is 3.55. The van der Waals surface area contributed by atoms with Crippen molar-refractivity contribution < 1.29 is 15.3 Å². The lowest BCUT2D eigenvalue weighted by Crippen LogP contribution is -2.61. The molecule has 0 aromatic carbocycles. The monoisotopic (exact) mass is 159 g/mol. The minimum absolute atomic E-state index is 0.179. The summed E-state index contributed by atoms with van der Waals surface area (Å²) in [5, 5.41) is 31.2. The summed E-state index contributed by atoms with van der Waals surface area (Å²) in [5.41, 5.74) is -1.22. The number of rotatable bonds is 0. The molecule has 4 N–H and O–H groups in total. The number of aliphatic hydroxyl groups excluding tert-OH is 2. The van der Waals surface area contributed by atoms with E-state index in [1.165, 1.54) is 0 Å². The van der Waals surface area contributed by atoms with Gasteiger partial charge in [0.05, 0.1) is 6.10 Å². The van der Waals surface area contributed by atoms with Crippen LogP contribution < -0.4 is 5.32 Å². The highest BCUT2D eigenvalue weighted by Crippen LogP contribution is 2.33. The van der Waals surface area contributed by atoms with Crippen molar-refractivity contribution in [3.8, 4) is 0 Å². The molecule has 2 fully saturated rings. The Kier molecular flexibility index (Phi) is 1.47. The van der Waals surface area contributed by atoms with Crippen LogP contribution >= 0.6 is 0 Å². The fraction of sp³-hybridized carbons (Fsp3) is 1.00. The maximum Gasteiger partial charge on any atom is 0.144 e. The van der Waals surface area contributed by atoms with Gasteiger partial charge in [0, 0.05) is 6.04 Å². The molecule has 2 saturated heterocycles. The van der Waals surface area contributed by atoms with Crippen LogP contribution in [0.1, 0.15) is 19.3 Å². The van der Waals surface area contributed by atoms with Gasteiger partial charge < -0.3 is 15.3 Å². The Morgan fingerprint density at radius 3 is 2.82 bits per heavy atom. The SMILES string of the molecule is OC1[C@H](O)CC2CC[C@]1(O)N2. The Morgan fingerprint density at radius 1 is 1.36 bits per heavy atom. The molecule has 0 aromatic rings.